The van der Waals surface area contributed by atoms with Crippen LogP contribution in [0.25, 0.3) is 0 Å². The Morgan fingerprint density at radius 2 is 1.86 bits per heavy atom. The van der Waals surface area contributed by atoms with Gasteiger partial charge in [-0.05, 0) is 48.1 Å². The zero-order valence-corrected chi connectivity index (χ0v) is 17.4. The third-order valence-corrected chi connectivity index (χ3v) is 5.29. The highest BCUT2D eigenvalue weighted by Crippen LogP contribution is 2.39. The maximum absolute atomic E-state index is 13.2. The normalized spacial score (nSPS) is 16.8. The molecule has 1 aliphatic heterocycles. The molecule has 1 atom stereocenters. The molecule has 0 aromatic heterocycles. The Balaban J connectivity index is 1.87. The van der Waals surface area contributed by atoms with E-state index in [9.17, 15) is 4.79 Å². The first-order chi connectivity index (χ1) is 13.3. The molecule has 5 heteroatoms. The molecule has 0 saturated carbocycles. The second-order valence-corrected chi connectivity index (χ2v) is 8.19. The van der Waals surface area contributed by atoms with Crippen molar-refractivity contribution in [1.82, 2.24) is 4.90 Å². The molecule has 2 amide bonds. The van der Waals surface area contributed by atoms with Gasteiger partial charge in [0, 0.05) is 17.8 Å². The molecular weight excluding hydrogens is 352 g/mol. The first-order valence-corrected chi connectivity index (χ1v) is 9.74. The first-order valence-electron chi connectivity index (χ1n) is 9.74. The van der Waals surface area contributed by atoms with Crippen molar-refractivity contribution in [3.8, 4) is 11.5 Å². The van der Waals surface area contributed by atoms with Gasteiger partial charge in [-0.25, -0.2) is 4.79 Å². The number of para-hydroxylation sites is 1. The van der Waals surface area contributed by atoms with E-state index in [1.807, 2.05) is 41.3 Å². The third-order valence-electron chi connectivity index (χ3n) is 5.29. The summed E-state index contributed by atoms with van der Waals surface area (Å²) in [4.78, 5) is 15.1. The average Bonchev–Trinajstić information content (AvgIpc) is 3.17. The van der Waals surface area contributed by atoms with Crippen LogP contribution in [-0.2, 0) is 5.41 Å². The van der Waals surface area contributed by atoms with Crippen molar-refractivity contribution >= 4 is 11.7 Å². The van der Waals surface area contributed by atoms with Crippen LogP contribution in [0.15, 0.2) is 42.5 Å². The van der Waals surface area contributed by atoms with Crippen molar-refractivity contribution in [3.63, 3.8) is 0 Å². The molecule has 1 N–H and O–H groups in total. The summed E-state index contributed by atoms with van der Waals surface area (Å²) in [6.07, 6.45) is 1.86. The molecule has 0 spiro atoms. The van der Waals surface area contributed by atoms with E-state index in [2.05, 4.69) is 32.2 Å². The molecule has 1 saturated heterocycles. The van der Waals surface area contributed by atoms with Gasteiger partial charge in [-0.3, -0.25) is 0 Å². The van der Waals surface area contributed by atoms with E-state index in [-0.39, 0.29) is 17.5 Å². The Morgan fingerprint density at radius 3 is 2.54 bits per heavy atom. The Kier molecular flexibility index (Phi) is 5.82. The number of anilines is 1. The number of nitrogens with zero attached hydrogens (tertiary/aromatic N) is 1. The number of methoxy groups -OCH3 is 2. The minimum Gasteiger partial charge on any atom is -0.497 e. The molecule has 150 valence electrons. The van der Waals surface area contributed by atoms with Gasteiger partial charge in [-0.2, -0.15) is 0 Å². The molecule has 3 rings (SSSR count). The van der Waals surface area contributed by atoms with Crippen LogP contribution in [0.3, 0.4) is 0 Å². The maximum atomic E-state index is 13.2. The summed E-state index contributed by atoms with van der Waals surface area (Å²) in [5.74, 6) is 1.54. The number of likely N-dealkylation sites (tertiary alicyclic amines) is 1. The zero-order valence-electron chi connectivity index (χ0n) is 17.4. The van der Waals surface area contributed by atoms with E-state index < -0.39 is 0 Å². The number of nitrogens with one attached hydrogen (secondary N) is 1. The number of rotatable bonds is 4. The number of benzene rings is 2. The Hall–Kier alpha value is -2.69. The zero-order chi connectivity index (χ0) is 20.3. The first kappa shape index (κ1) is 20.1. The average molecular weight is 383 g/mol. The summed E-state index contributed by atoms with van der Waals surface area (Å²) >= 11 is 0. The van der Waals surface area contributed by atoms with E-state index in [1.54, 1.807) is 14.2 Å². The van der Waals surface area contributed by atoms with Crippen LogP contribution in [0.1, 0.15) is 50.8 Å². The van der Waals surface area contributed by atoms with Crippen molar-refractivity contribution in [2.24, 2.45) is 0 Å². The number of carbonyl (C=O) groups excluding carboxylic acids is 1. The summed E-state index contributed by atoms with van der Waals surface area (Å²) < 4.78 is 10.9. The molecule has 0 bridgehead atoms. The smallest absolute Gasteiger partial charge is 0.322 e. The maximum Gasteiger partial charge on any atom is 0.322 e. The molecule has 2 aromatic carbocycles. The minimum absolute atomic E-state index is 0.0353. The quantitative estimate of drug-likeness (QED) is 0.773. The summed E-state index contributed by atoms with van der Waals surface area (Å²) in [5.41, 5.74) is 2.92. The predicted molar refractivity (Wildman–Crippen MR) is 112 cm³/mol. The number of ether oxygens (including phenoxy) is 2. The number of hydrogen-bond acceptors (Lipinski definition) is 3. The van der Waals surface area contributed by atoms with Gasteiger partial charge in [-0.1, -0.05) is 39.0 Å². The van der Waals surface area contributed by atoms with Gasteiger partial charge < -0.3 is 19.7 Å². The Bertz CT molecular complexity index is 842. The number of carbonyl (C=O) groups is 1. The van der Waals surface area contributed by atoms with Crippen LogP contribution in [0, 0.1) is 0 Å². The fraction of sp³-hybridized carbons (Fsp3) is 0.435. The molecule has 5 nitrogen and oxygen atoms in total. The van der Waals surface area contributed by atoms with Crippen molar-refractivity contribution in [3.05, 3.63) is 53.6 Å². The van der Waals surface area contributed by atoms with Gasteiger partial charge in [0.25, 0.3) is 0 Å². The molecule has 1 aliphatic rings. The summed E-state index contributed by atoms with van der Waals surface area (Å²) in [6.45, 7) is 7.17. The van der Waals surface area contributed by atoms with Crippen LogP contribution >= 0.6 is 0 Å². The molecule has 1 fully saturated rings. The molecule has 1 heterocycles. The van der Waals surface area contributed by atoms with Crippen LogP contribution < -0.4 is 14.8 Å². The van der Waals surface area contributed by atoms with Crippen molar-refractivity contribution in [2.75, 3.05) is 26.1 Å². The number of amides is 2. The van der Waals surface area contributed by atoms with E-state index >= 15 is 0 Å². The lowest BCUT2D eigenvalue weighted by Gasteiger charge is -2.28. The number of hydrogen-bond donors (Lipinski definition) is 1. The van der Waals surface area contributed by atoms with E-state index in [0.717, 1.165) is 41.2 Å². The second-order valence-electron chi connectivity index (χ2n) is 8.19. The second kappa shape index (κ2) is 8.13. The van der Waals surface area contributed by atoms with Crippen LogP contribution in [0.2, 0.25) is 0 Å². The fourth-order valence-electron chi connectivity index (χ4n) is 3.87. The van der Waals surface area contributed by atoms with Crippen LogP contribution in [0.4, 0.5) is 10.5 Å². The topological polar surface area (TPSA) is 50.8 Å². The van der Waals surface area contributed by atoms with E-state index in [0.29, 0.717) is 6.54 Å². The lowest BCUT2D eigenvalue weighted by Crippen LogP contribution is -2.35. The number of urea groups is 1. The molecule has 0 radical (unpaired) electrons. The van der Waals surface area contributed by atoms with E-state index in [1.165, 1.54) is 0 Å². The largest absolute Gasteiger partial charge is 0.497 e. The SMILES string of the molecule is COc1ccc(OC)c(C2CCCN2C(=O)Nc2ccccc2C(C)(C)C)c1. The van der Waals surface area contributed by atoms with Gasteiger partial charge in [0.1, 0.15) is 11.5 Å². The Labute approximate surface area is 167 Å². The highest BCUT2D eigenvalue weighted by Gasteiger charge is 2.33. The fourth-order valence-corrected chi connectivity index (χ4v) is 3.87. The van der Waals surface area contributed by atoms with Gasteiger partial charge in [0.15, 0.2) is 0 Å². The van der Waals surface area contributed by atoms with Gasteiger partial charge >= 0.3 is 6.03 Å². The van der Waals surface area contributed by atoms with Crippen LogP contribution in [-0.4, -0.2) is 31.7 Å². The van der Waals surface area contributed by atoms with Crippen molar-refractivity contribution in [1.29, 1.82) is 0 Å². The van der Waals surface area contributed by atoms with Crippen molar-refractivity contribution < 1.29 is 14.3 Å². The summed E-state index contributed by atoms with van der Waals surface area (Å²) in [7, 11) is 3.30. The predicted octanol–water partition coefficient (Wildman–Crippen LogP) is 5.37. The molecule has 2 aromatic rings. The monoisotopic (exact) mass is 382 g/mol. The summed E-state index contributed by atoms with van der Waals surface area (Å²) in [5, 5.41) is 3.14. The molecule has 28 heavy (non-hydrogen) atoms. The third kappa shape index (κ3) is 4.08. The Morgan fingerprint density at radius 1 is 1.11 bits per heavy atom. The minimum atomic E-state index is -0.0796. The van der Waals surface area contributed by atoms with Crippen LogP contribution in [0.5, 0.6) is 11.5 Å². The van der Waals surface area contributed by atoms with Gasteiger partial charge in [0.05, 0.1) is 20.3 Å². The highest BCUT2D eigenvalue weighted by molar-refractivity contribution is 5.91. The molecule has 0 aliphatic carbocycles. The molecule has 1 unspecified atom stereocenters. The lowest BCUT2D eigenvalue weighted by molar-refractivity contribution is 0.206. The van der Waals surface area contributed by atoms with Gasteiger partial charge in [0.2, 0.25) is 0 Å². The highest BCUT2D eigenvalue weighted by atomic mass is 16.5. The summed E-state index contributed by atoms with van der Waals surface area (Å²) in [6, 6.07) is 13.6. The van der Waals surface area contributed by atoms with Gasteiger partial charge in [-0.15, -0.1) is 0 Å². The lowest BCUT2D eigenvalue weighted by atomic mass is 9.86. The van der Waals surface area contributed by atoms with E-state index in [4.69, 9.17) is 9.47 Å². The van der Waals surface area contributed by atoms with Crippen molar-refractivity contribution in [2.45, 2.75) is 45.1 Å². The standard InChI is InChI=1S/C23H30N2O3/c1-23(2,3)18-9-6-7-10-19(18)24-22(26)25-14-8-11-20(25)17-15-16(27-4)12-13-21(17)28-5/h6-7,9-10,12-13,15,20H,8,11,14H2,1-5H3,(H,24,26). The molecular formula is C23H30N2O3.